The van der Waals surface area contributed by atoms with Gasteiger partial charge in [0.05, 0.1) is 0 Å². The highest BCUT2D eigenvalue weighted by Crippen LogP contribution is 2.24. The molecule has 0 unspecified atom stereocenters. The molecule has 1 heterocycles. The van der Waals surface area contributed by atoms with Crippen molar-refractivity contribution in [3.8, 4) is 0 Å². The van der Waals surface area contributed by atoms with E-state index in [1.807, 2.05) is 6.07 Å². The van der Waals surface area contributed by atoms with Gasteiger partial charge in [0.25, 0.3) is 5.91 Å². The zero-order valence-corrected chi connectivity index (χ0v) is 11.4. The number of likely N-dealkylation sites (N-methyl/N-ethyl adjacent to an activating group) is 1. The van der Waals surface area contributed by atoms with Gasteiger partial charge in [-0.3, -0.25) is 4.79 Å². The number of aromatic nitrogens is 1. The van der Waals surface area contributed by atoms with Crippen LogP contribution in [0.5, 0.6) is 0 Å². The van der Waals surface area contributed by atoms with Gasteiger partial charge < -0.3 is 10.2 Å². The Bertz CT molecular complexity index is 389. The van der Waals surface area contributed by atoms with Gasteiger partial charge in [-0.1, -0.05) is 0 Å². The van der Waals surface area contributed by atoms with Crippen LogP contribution in [0.1, 0.15) is 23.3 Å². The smallest absolute Gasteiger partial charge is 0.269 e. The molecule has 1 aromatic rings. The van der Waals surface area contributed by atoms with Gasteiger partial charge in [0.15, 0.2) is 0 Å². The molecule has 5 heteroatoms. The fourth-order valence-electron chi connectivity index (χ4n) is 1.64. The molecule has 0 radical (unpaired) electrons. The third-order valence-electron chi connectivity index (χ3n) is 2.88. The Morgan fingerprint density at radius 3 is 2.94 bits per heavy atom. The Kier molecular flexibility index (Phi) is 4.12. The monoisotopic (exact) mass is 297 g/mol. The Hall–Kier alpha value is -0.940. The van der Waals surface area contributed by atoms with Crippen LogP contribution in [0.4, 0.5) is 0 Å². The number of hydrogen-bond acceptors (Lipinski definition) is 3. The predicted octanol–water partition coefficient (Wildman–Crippen LogP) is 1.67. The Labute approximate surface area is 110 Å². The molecule has 92 valence electrons. The molecule has 1 aliphatic carbocycles. The minimum atomic E-state index is -0.110. The highest BCUT2D eigenvalue weighted by Gasteiger charge is 2.25. The zero-order chi connectivity index (χ0) is 12.3. The first-order valence-electron chi connectivity index (χ1n) is 5.77. The molecule has 0 aliphatic heterocycles. The van der Waals surface area contributed by atoms with Crippen LogP contribution < -0.4 is 5.32 Å². The van der Waals surface area contributed by atoms with Crippen LogP contribution in [-0.2, 0) is 0 Å². The predicted molar refractivity (Wildman–Crippen MR) is 69.9 cm³/mol. The molecule has 0 bridgehead atoms. The molecule has 1 aromatic heterocycles. The van der Waals surface area contributed by atoms with Crippen molar-refractivity contribution in [3.63, 3.8) is 0 Å². The fourth-order valence-corrected chi connectivity index (χ4v) is 1.88. The first-order valence-corrected chi connectivity index (χ1v) is 6.56. The number of halogens is 1. The second-order valence-electron chi connectivity index (χ2n) is 4.33. The van der Waals surface area contributed by atoms with Crippen molar-refractivity contribution in [2.75, 3.05) is 20.1 Å². The first-order chi connectivity index (χ1) is 8.16. The largest absolute Gasteiger partial charge is 0.349 e. The summed E-state index contributed by atoms with van der Waals surface area (Å²) < 4.78 is 0.877. The van der Waals surface area contributed by atoms with Gasteiger partial charge in [0, 0.05) is 29.8 Å². The number of pyridine rings is 1. The van der Waals surface area contributed by atoms with Gasteiger partial charge in [-0.05, 0) is 48.0 Å². The summed E-state index contributed by atoms with van der Waals surface area (Å²) in [5.41, 5.74) is 0.460. The highest BCUT2D eigenvalue weighted by atomic mass is 79.9. The van der Waals surface area contributed by atoms with Crippen LogP contribution in [0.25, 0.3) is 0 Å². The second kappa shape index (κ2) is 5.60. The number of rotatable bonds is 5. The van der Waals surface area contributed by atoms with E-state index in [4.69, 9.17) is 0 Å². The molecular weight excluding hydrogens is 282 g/mol. The van der Waals surface area contributed by atoms with Crippen molar-refractivity contribution in [1.29, 1.82) is 0 Å². The summed E-state index contributed by atoms with van der Waals surface area (Å²) in [5.74, 6) is -0.110. The van der Waals surface area contributed by atoms with Crippen molar-refractivity contribution in [1.82, 2.24) is 15.2 Å². The SMILES string of the molecule is CN(CCNC(=O)c1ccc(Br)cn1)C1CC1. The standard InChI is InChI=1S/C12H16BrN3O/c1-16(10-3-4-10)7-6-14-12(17)11-5-2-9(13)8-15-11/h2,5,8,10H,3-4,6-7H2,1H3,(H,14,17). The number of amides is 1. The molecule has 17 heavy (non-hydrogen) atoms. The van der Waals surface area contributed by atoms with Crippen molar-refractivity contribution >= 4 is 21.8 Å². The lowest BCUT2D eigenvalue weighted by Crippen LogP contribution is -2.34. The number of nitrogens with zero attached hydrogens (tertiary/aromatic N) is 2. The first kappa shape index (κ1) is 12.5. The van der Waals surface area contributed by atoms with Crippen molar-refractivity contribution < 1.29 is 4.79 Å². The van der Waals surface area contributed by atoms with Crippen molar-refractivity contribution in [3.05, 3.63) is 28.5 Å². The quantitative estimate of drug-likeness (QED) is 0.899. The maximum atomic E-state index is 11.7. The average Bonchev–Trinajstić information content (AvgIpc) is 3.13. The van der Waals surface area contributed by atoms with E-state index in [0.717, 1.165) is 17.1 Å². The van der Waals surface area contributed by atoms with Gasteiger partial charge in [-0.2, -0.15) is 0 Å². The molecule has 1 aliphatic rings. The van der Waals surface area contributed by atoms with Crippen LogP contribution in [0.15, 0.2) is 22.8 Å². The number of carbonyl (C=O) groups excluding carboxylic acids is 1. The van der Waals surface area contributed by atoms with Crippen LogP contribution in [0, 0.1) is 0 Å². The molecule has 0 atom stereocenters. The van der Waals surface area contributed by atoms with Gasteiger partial charge >= 0.3 is 0 Å². The molecule has 2 rings (SSSR count). The van der Waals surface area contributed by atoms with E-state index in [0.29, 0.717) is 12.2 Å². The minimum Gasteiger partial charge on any atom is -0.349 e. The van der Waals surface area contributed by atoms with Gasteiger partial charge in [0.1, 0.15) is 5.69 Å². The summed E-state index contributed by atoms with van der Waals surface area (Å²) in [5, 5.41) is 2.87. The minimum absolute atomic E-state index is 0.110. The molecule has 1 amide bonds. The number of hydrogen-bond donors (Lipinski definition) is 1. The molecule has 0 aromatic carbocycles. The molecule has 1 fully saturated rings. The molecular formula is C12H16BrN3O. The van der Waals surface area contributed by atoms with Gasteiger partial charge in [-0.25, -0.2) is 4.98 Å². The van der Waals surface area contributed by atoms with Crippen LogP contribution in [0.2, 0.25) is 0 Å². The summed E-state index contributed by atoms with van der Waals surface area (Å²) in [6.07, 6.45) is 4.21. The number of nitrogens with one attached hydrogen (secondary N) is 1. The lowest BCUT2D eigenvalue weighted by Gasteiger charge is -2.15. The van der Waals surface area contributed by atoms with Gasteiger partial charge in [0.2, 0.25) is 0 Å². The van der Waals surface area contributed by atoms with E-state index in [1.54, 1.807) is 12.3 Å². The molecule has 0 saturated heterocycles. The van der Waals surface area contributed by atoms with E-state index in [1.165, 1.54) is 12.8 Å². The summed E-state index contributed by atoms with van der Waals surface area (Å²) in [6.45, 7) is 1.57. The molecule has 0 spiro atoms. The average molecular weight is 298 g/mol. The van der Waals surface area contributed by atoms with Crippen LogP contribution in [-0.4, -0.2) is 42.0 Å². The lowest BCUT2D eigenvalue weighted by atomic mass is 10.3. The molecule has 1 N–H and O–H groups in total. The Morgan fingerprint density at radius 2 is 2.35 bits per heavy atom. The summed E-state index contributed by atoms with van der Waals surface area (Å²) in [6, 6.07) is 4.26. The summed E-state index contributed by atoms with van der Waals surface area (Å²) >= 11 is 3.29. The van der Waals surface area contributed by atoms with Crippen molar-refractivity contribution in [2.24, 2.45) is 0 Å². The summed E-state index contributed by atoms with van der Waals surface area (Å²) in [7, 11) is 2.10. The maximum Gasteiger partial charge on any atom is 0.269 e. The van der Waals surface area contributed by atoms with Crippen molar-refractivity contribution in [2.45, 2.75) is 18.9 Å². The molecule has 4 nitrogen and oxygen atoms in total. The van der Waals surface area contributed by atoms with Crippen LogP contribution >= 0.6 is 15.9 Å². The second-order valence-corrected chi connectivity index (χ2v) is 5.25. The Balaban J connectivity index is 1.74. The Morgan fingerprint density at radius 1 is 1.59 bits per heavy atom. The van der Waals surface area contributed by atoms with E-state index < -0.39 is 0 Å². The molecule has 1 saturated carbocycles. The highest BCUT2D eigenvalue weighted by molar-refractivity contribution is 9.10. The number of carbonyl (C=O) groups is 1. The third kappa shape index (κ3) is 3.78. The summed E-state index contributed by atoms with van der Waals surface area (Å²) in [4.78, 5) is 18.1. The van der Waals surface area contributed by atoms with E-state index in [9.17, 15) is 4.79 Å². The third-order valence-corrected chi connectivity index (χ3v) is 3.35. The maximum absolute atomic E-state index is 11.7. The normalized spacial score (nSPS) is 15.0. The zero-order valence-electron chi connectivity index (χ0n) is 9.82. The van der Waals surface area contributed by atoms with E-state index >= 15 is 0 Å². The topological polar surface area (TPSA) is 45.2 Å². The van der Waals surface area contributed by atoms with E-state index in [2.05, 4.69) is 38.2 Å². The lowest BCUT2D eigenvalue weighted by molar-refractivity contribution is 0.0944. The fraction of sp³-hybridized carbons (Fsp3) is 0.500. The van der Waals surface area contributed by atoms with Gasteiger partial charge in [-0.15, -0.1) is 0 Å². The van der Waals surface area contributed by atoms with Crippen LogP contribution in [0.3, 0.4) is 0 Å². The van der Waals surface area contributed by atoms with E-state index in [-0.39, 0.29) is 5.91 Å².